The van der Waals surface area contributed by atoms with Gasteiger partial charge >= 0.3 is 0 Å². The summed E-state index contributed by atoms with van der Waals surface area (Å²) in [7, 11) is 1.49. The predicted octanol–water partition coefficient (Wildman–Crippen LogP) is 2.76. The van der Waals surface area contributed by atoms with E-state index >= 15 is 0 Å². The maximum Gasteiger partial charge on any atom is 0.251 e. The summed E-state index contributed by atoms with van der Waals surface area (Å²) >= 11 is 0. The van der Waals surface area contributed by atoms with Crippen molar-refractivity contribution in [3.05, 3.63) is 46.5 Å². The van der Waals surface area contributed by atoms with Crippen LogP contribution in [0.15, 0.2) is 24.3 Å². The van der Waals surface area contributed by atoms with Crippen LogP contribution in [0.3, 0.4) is 0 Å². The highest BCUT2D eigenvalue weighted by molar-refractivity contribution is 6.00. The van der Waals surface area contributed by atoms with Crippen LogP contribution in [0.1, 0.15) is 27.0 Å². The van der Waals surface area contributed by atoms with Gasteiger partial charge in [-0.2, -0.15) is 0 Å². The molecule has 2 amide bonds. The van der Waals surface area contributed by atoms with E-state index in [1.807, 2.05) is 32.9 Å². The van der Waals surface area contributed by atoms with Gasteiger partial charge in [0.2, 0.25) is 11.7 Å². The lowest BCUT2D eigenvalue weighted by Gasteiger charge is -2.21. The van der Waals surface area contributed by atoms with E-state index in [9.17, 15) is 9.59 Å². The predicted molar refractivity (Wildman–Crippen MR) is 106 cm³/mol. The minimum Gasteiger partial charge on any atom is -0.493 e. The SMILES string of the molecule is COc1cc(C(=O)NCC(=O)Nc2c(C)cc(C)cc2C)cc2c1OCCO2. The number of ether oxygens (including phenoxy) is 3. The third-order valence-electron chi connectivity index (χ3n) is 4.44. The number of amides is 2. The minimum absolute atomic E-state index is 0.150. The summed E-state index contributed by atoms with van der Waals surface area (Å²) in [6, 6.07) is 7.15. The molecule has 0 radical (unpaired) electrons. The highest BCUT2D eigenvalue weighted by atomic mass is 16.6. The standard InChI is InChI=1S/C21H24N2O5/c1-12-7-13(2)19(14(3)8-12)23-18(24)11-22-21(25)15-9-16(26-4)20-17(10-15)27-5-6-28-20/h7-10H,5-6,11H2,1-4H3,(H,22,25)(H,23,24). The molecule has 1 aliphatic heterocycles. The summed E-state index contributed by atoms with van der Waals surface area (Å²) in [4.78, 5) is 24.8. The molecular formula is C21H24N2O5. The second kappa shape index (κ2) is 8.21. The molecule has 0 spiro atoms. The maximum atomic E-state index is 12.5. The van der Waals surface area contributed by atoms with Crippen molar-refractivity contribution < 1.29 is 23.8 Å². The van der Waals surface area contributed by atoms with Gasteiger partial charge in [0, 0.05) is 11.3 Å². The van der Waals surface area contributed by atoms with Gasteiger partial charge in [0.1, 0.15) is 13.2 Å². The maximum absolute atomic E-state index is 12.5. The van der Waals surface area contributed by atoms with E-state index in [0.29, 0.717) is 36.0 Å². The molecule has 1 heterocycles. The van der Waals surface area contributed by atoms with Gasteiger partial charge in [-0.3, -0.25) is 9.59 Å². The lowest BCUT2D eigenvalue weighted by Crippen LogP contribution is -2.33. The van der Waals surface area contributed by atoms with Crippen molar-refractivity contribution in [2.24, 2.45) is 0 Å². The second-order valence-electron chi connectivity index (χ2n) is 6.71. The minimum atomic E-state index is -0.400. The quantitative estimate of drug-likeness (QED) is 0.828. The van der Waals surface area contributed by atoms with Crippen LogP contribution in [-0.2, 0) is 4.79 Å². The smallest absolute Gasteiger partial charge is 0.251 e. The Morgan fingerprint density at radius 2 is 1.71 bits per heavy atom. The molecule has 0 saturated heterocycles. The van der Waals surface area contributed by atoms with E-state index in [1.54, 1.807) is 12.1 Å². The summed E-state index contributed by atoms with van der Waals surface area (Å²) in [5.74, 6) is 0.646. The Hall–Kier alpha value is -3.22. The van der Waals surface area contributed by atoms with Gasteiger partial charge in [-0.25, -0.2) is 0 Å². The molecule has 3 rings (SSSR count). The van der Waals surface area contributed by atoms with Gasteiger partial charge in [-0.05, 0) is 44.0 Å². The molecular weight excluding hydrogens is 360 g/mol. The van der Waals surface area contributed by atoms with Gasteiger partial charge in [0.15, 0.2) is 11.5 Å². The van der Waals surface area contributed by atoms with Crippen molar-refractivity contribution in [2.45, 2.75) is 20.8 Å². The summed E-state index contributed by atoms with van der Waals surface area (Å²) < 4.78 is 16.3. The van der Waals surface area contributed by atoms with E-state index in [1.165, 1.54) is 7.11 Å². The zero-order chi connectivity index (χ0) is 20.3. The van der Waals surface area contributed by atoms with Gasteiger partial charge in [-0.15, -0.1) is 0 Å². The Morgan fingerprint density at radius 3 is 2.39 bits per heavy atom. The zero-order valence-corrected chi connectivity index (χ0v) is 16.5. The molecule has 28 heavy (non-hydrogen) atoms. The van der Waals surface area contributed by atoms with Crippen LogP contribution in [0, 0.1) is 20.8 Å². The molecule has 2 N–H and O–H groups in total. The number of rotatable bonds is 5. The van der Waals surface area contributed by atoms with Crippen LogP contribution in [0.25, 0.3) is 0 Å². The third kappa shape index (κ3) is 4.19. The fourth-order valence-electron chi connectivity index (χ4n) is 3.23. The highest BCUT2D eigenvalue weighted by Gasteiger charge is 2.21. The number of anilines is 1. The zero-order valence-electron chi connectivity index (χ0n) is 16.5. The number of hydrogen-bond donors (Lipinski definition) is 2. The van der Waals surface area contributed by atoms with E-state index in [-0.39, 0.29) is 12.5 Å². The molecule has 0 bridgehead atoms. The van der Waals surface area contributed by atoms with Gasteiger partial charge in [0.05, 0.1) is 13.7 Å². The first-order valence-electron chi connectivity index (χ1n) is 9.02. The Bertz CT molecular complexity index is 883. The molecule has 0 fully saturated rings. The molecule has 0 unspecified atom stereocenters. The Balaban J connectivity index is 1.66. The number of carbonyl (C=O) groups excluding carboxylic acids is 2. The van der Waals surface area contributed by atoms with Crippen molar-refractivity contribution in [2.75, 3.05) is 32.2 Å². The topological polar surface area (TPSA) is 85.9 Å². The Morgan fingerprint density at radius 1 is 1.04 bits per heavy atom. The number of benzene rings is 2. The molecule has 2 aromatic rings. The Kier molecular flexibility index (Phi) is 5.73. The van der Waals surface area contributed by atoms with Gasteiger partial charge < -0.3 is 24.8 Å². The van der Waals surface area contributed by atoms with Crippen LogP contribution in [0.4, 0.5) is 5.69 Å². The summed E-state index contributed by atoms with van der Waals surface area (Å²) in [6.07, 6.45) is 0. The Labute approximate surface area is 164 Å². The fourth-order valence-corrected chi connectivity index (χ4v) is 3.23. The largest absolute Gasteiger partial charge is 0.493 e. The van der Waals surface area contributed by atoms with Crippen LogP contribution in [-0.4, -0.2) is 38.7 Å². The van der Waals surface area contributed by atoms with Crippen molar-refractivity contribution in [1.82, 2.24) is 5.32 Å². The molecule has 148 valence electrons. The first-order chi connectivity index (χ1) is 13.4. The van der Waals surface area contributed by atoms with Crippen LogP contribution in [0.5, 0.6) is 17.2 Å². The van der Waals surface area contributed by atoms with Crippen LogP contribution >= 0.6 is 0 Å². The number of fused-ring (bicyclic) bond motifs is 1. The first-order valence-corrected chi connectivity index (χ1v) is 9.02. The fraction of sp³-hybridized carbons (Fsp3) is 0.333. The van der Waals surface area contributed by atoms with Gasteiger partial charge in [-0.1, -0.05) is 17.7 Å². The molecule has 1 aliphatic rings. The monoisotopic (exact) mass is 384 g/mol. The van der Waals surface area contributed by atoms with Crippen molar-refractivity contribution in [1.29, 1.82) is 0 Å². The number of hydrogen-bond acceptors (Lipinski definition) is 5. The molecule has 2 aromatic carbocycles. The summed E-state index contributed by atoms with van der Waals surface area (Å²) in [6.45, 7) is 6.56. The van der Waals surface area contributed by atoms with E-state index < -0.39 is 5.91 Å². The molecule has 0 aliphatic carbocycles. The van der Waals surface area contributed by atoms with Crippen LogP contribution < -0.4 is 24.8 Å². The average Bonchev–Trinajstić information content (AvgIpc) is 2.67. The van der Waals surface area contributed by atoms with E-state index in [2.05, 4.69) is 10.6 Å². The lowest BCUT2D eigenvalue weighted by atomic mass is 10.1. The number of nitrogens with one attached hydrogen (secondary N) is 2. The molecule has 7 heteroatoms. The van der Waals surface area contributed by atoms with E-state index in [0.717, 1.165) is 22.4 Å². The molecule has 0 atom stereocenters. The molecule has 0 aromatic heterocycles. The first kappa shape index (κ1) is 19.5. The van der Waals surface area contributed by atoms with Crippen molar-refractivity contribution >= 4 is 17.5 Å². The van der Waals surface area contributed by atoms with Crippen molar-refractivity contribution in [3.63, 3.8) is 0 Å². The van der Waals surface area contributed by atoms with E-state index in [4.69, 9.17) is 14.2 Å². The summed E-state index contributed by atoms with van der Waals surface area (Å²) in [5, 5.41) is 5.49. The molecule has 7 nitrogen and oxygen atoms in total. The average molecular weight is 384 g/mol. The number of carbonyl (C=O) groups is 2. The highest BCUT2D eigenvalue weighted by Crippen LogP contribution is 2.40. The number of aryl methyl sites for hydroxylation is 3. The van der Waals surface area contributed by atoms with Crippen molar-refractivity contribution in [3.8, 4) is 17.2 Å². The number of methoxy groups -OCH3 is 1. The second-order valence-corrected chi connectivity index (χ2v) is 6.71. The molecule has 0 saturated carbocycles. The van der Waals surface area contributed by atoms with Gasteiger partial charge in [0.25, 0.3) is 5.91 Å². The third-order valence-corrected chi connectivity index (χ3v) is 4.44. The normalized spacial score (nSPS) is 12.3. The summed E-state index contributed by atoms with van der Waals surface area (Å²) in [5.41, 5.74) is 4.19. The van der Waals surface area contributed by atoms with Crippen LogP contribution in [0.2, 0.25) is 0 Å². The lowest BCUT2D eigenvalue weighted by molar-refractivity contribution is -0.115.